The summed E-state index contributed by atoms with van der Waals surface area (Å²) in [5.74, 6) is 1.45. The second-order valence-electron chi connectivity index (χ2n) is 9.36. The van der Waals surface area contributed by atoms with E-state index in [1.165, 1.54) is 0 Å². The van der Waals surface area contributed by atoms with Crippen molar-refractivity contribution in [2.45, 2.75) is 43.7 Å². The smallest absolute Gasteiger partial charge is 0.329 e. The Labute approximate surface area is 222 Å². The topological polar surface area (TPSA) is 97.4 Å². The van der Waals surface area contributed by atoms with E-state index in [1.807, 2.05) is 36.4 Å². The molecule has 4 rings (SSSR count). The number of hydrogen-bond acceptors (Lipinski definition) is 6. The van der Waals surface area contributed by atoms with Crippen LogP contribution in [0.5, 0.6) is 5.75 Å². The molecular formula is C29H33N3O4S. The van der Waals surface area contributed by atoms with Crippen molar-refractivity contribution in [2.24, 2.45) is 11.8 Å². The van der Waals surface area contributed by atoms with Crippen molar-refractivity contribution >= 4 is 17.7 Å². The fourth-order valence-corrected chi connectivity index (χ4v) is 5.90. The maximum Gasteiger partial charge on any atom is 0.329 e. The largest absolute Gasteiger partial charge is 0.497 e. The van der Waals surface area contributed by atoms with Crippen LogP contribution < -0.4 is 4.74 Å². The van der Waals surface area contributed by atoms with Crippen LogP contribution in [0.1, 0.15) is 32.1 Å². The summed E-state index contributed by atoms with van der Waals surface area (Å²) in [6, 6.07) is 20.6. The first-order chi connectivity index (χ1) is 18.1. The van der Waals surface area contributed by atoms with Crippen LogP contribution in [0.15, 0.2) is 59.6 Å². The van der Waals surface area contributed by atoms with E-state index >= 15 is 0 Å². The normalized spacial score (nSPS) is 17.3. The van der Waals surface area contributed by atoms with Gasteiger partial charge in [-0.1, -0.05) is 42.5 Å². The Balaban J connectivity index is 1.63. The molecule has 0 atom stereocenters. The first kappa shape index (κ1) is 26.8. The molecule has 0 amide bonds. The zero-order valence-corrected chi connectivity index (χ0v) is 22.0. The van der Waals surface area contributed by atoms with Crippen LogP contribution in [0.2, 0.25) is 0 Å². The highest BCUT2D eigenvalue weighted by Crippen LogP contribution is 2.42. The van der Waals surface area contributed by atoms with Crippen molar-refractivity contribution in [3.63, 3.8) is 0 Å². The van der Waals surface area contributed by atoms with Gasteiger partial charge in [-0.15, -0.1) is 11.8 Å². The Morgan fingerprint density at radius 2 is 1.84 bits per heavy atom. The lowest BCUT2D eigenvalue weighted by Gasteiger charge is -2.28. The van der Waals surface area contributed by atoms with Crippen molar-refractivity contribution in [1.29, 1.82) is 5.26 Å². The summed E-state index contributed by atoms with van der Waals surface area (Å²) in [5, 5.41) is 24.2. The molecule has 2 aromatic carbocycles. The Morgan fingerprint density at radius 1 is 1.11 bits per heavy atom. The van der Waals surface area contributed by atoms with E-state index < -0.39 is 5.97 Å². The van der Waals surface area contributed by atoms with E-state index in [9.17, 15) is 10.1 Å². The van der Waals surface area contributed by atoms with Gasteiger partial charge < -0.3 is 14.6 Å². The van der Waals surface area contributed by atoms with Crippen LogP contribution >= 0.6 is 11.8 Å². The van der Waals surface area contributed by atoms with Gasteiger partial charge in [0.25, 0.3) is 0 Å². The molecule has 1 aliphatic rings. The molecular weight excluding hydrogens is 486 g/mol. The zero-order valence-electron chi connectivity index (χ0n) is 21.1. The predicted molar refractivity (Wildman–Crippen MR) is 145 cm³/mol. The number of nitrogens with zero attached hydrogens (tertiary/aromatic N) is 3. The summed E-state index contributed by atoms with van der Waals surface area (Å²) in [6.07, 6.45) is 4.62. The molecule has 194 valence electrons. The summed E-state index contributed by atoms with van der Waals surface area (Å²) < 4.78 is 13.0. The average molecular weight is 520 g/mol. The lowest BCUT2D eigenvalue weighted by Crippen LogP contribution is -2.23. The summed E-state index contributed by atoms with van der Waals surface area (Å²) >= 11 is 1.69. The molecule has 1 aromatic heterocycles. The fraction of sp³-hybridized carbons (Fsp3) is 0.414. The molecule has 0 saturated heterocycles. The van der Waals surface area contributed by atoms with E-state index in [1.54, 1.807) is 18.9 Å². The van der Waals surface area contributed by atoms with E-state index in [4.69, 9.17) is 19.7 Å². The van der Waals surface area contributed by atoms with E-state index in [0.717, 1.165) is 65.4 Å². The van der Waals surface area contributed by atoms with E-state index in [0.29, 0.717) is 30.6 Å². The number of carboxylic acids is 1. The predicted octanol–water partition coefficient (Wildman–Crippen LogP) is 6.14. The first-order valence-corrected chi connectivity index (χ1v) is 13.7. The molecule has 8 heteroatoms. The van der Waals surface area contributed by atoms with E-state index in [2.05, 4.69) is 29.0 Å². The van der Waals surface area contributed by atoms with Gasteiger partial charge in [0.05, 0.1) is 19.8 Å². The molecule has 7 nitrogen and oxygen atoms in total. The number of rotatable bonds is 12. The van der Waals surface area contributed by atoms with Gasteiger partial charge in [-0.3, -0.25) is 4.68 Å². The van der Waals surface area contributed by atoms with Crippen molar-refractivity contribution in [3.8, 4) is 34.2 Å². The standard InChI is InChI=1S/C29H33N3O4S/c1-35-25-10-5-9-24(17-25)27-28(23-7-3-2-4-8-23)31-32(29(27)37-16-6-15-30)18-21-11-13-22(14-12-21)19-36-20-26(33)34/h2-5,7-10,17,21-22H,6,11-14,16,18-20H2,1H3,(H,33,34)/t21-,22+. The third kappa shape index (κ3) is 7.15. The molecule has 1 N–H and O–H groups in total. The monoisotopic (exact) mass is 519 g/mol. The highest BCUT2D eigenvalue weighted by molar-refractivity contribution is 7.99. The van der Waals surface area contributed by atoms with Gasteiger partial charge in [0.15, 0.2) is 0 Å². The second kappa shape index (κ2) is 13.3. The molecule has 1 saturated carbocycles. The van der Waals surface area contributed by atoms with Crippen molar-refractivity contribution in [3.05, 3.63) is 54.6 Å². The number of hydrogen-bond donors (Lipinski definition) is 1. The average Bonchev–Trinajstić information content (AvgIpc) is 3.28. The number of nitriles is 1. The van der Waals surface area contributed by atoms with Crippen LogP contribution in [0.4, 0.5) is 0 Å². The molecule has 1 fully saturated rings. The molecule has 0 radical (unpaired) electrons. The third-order valence-corrected chi connectivity index (χ3v) is 7.84. The molecule has 0 aliphatic heterocycles. The van der Waals surface area contributed by atoms with Crippen LogP contribution in [0, 0.1) is 23.2 Å². The van der Waals surface area contributed by atoms with Crippen molar-refractivity contribution in [2.75, 3.05) is 26.1 Å². The minimum Gasteiger partial charge on any atom is -0.497 e. The molecule has 1 aliphatic carbocycles. The molecule has 0 spiro atoms. The van der Waals surface area contributed by atoms with Crippen LogP contribution in [0.25, 0.3) is 22.4 Å². The van der Waals surface area contributed by atoms with Crippen molar-refractivity contribution < 1.29 is 19.4 Å². The Morgan fingerprint density at radius 3 is 2.54 bits per heavy atom. The number of aliphatic carboxylic acids is 1. The number of ether oxygens (including phenoxy) is 2. The van der Waals surface area contributed by atoms with Crippen molar-refractivity contribution in [1.82, 2.24) is 9.78 Å². The van der Waals surface area contributed by atoms with Crippen LogP contribution in [-0.2, 0) is 16.1 Å². The maximum atomic E-state index is 10.7. The zero-order chi connectivity index (χ0) is 26.0. The highest BCUT2D eigenvalue weighted by Gasteiger charge is 2.26. The summed E-state index contributed by atoms with van der Waals surface area (Å²) in [5.41, 5.74) is 4.11. The van der Waals surface area contributed by atoms with Gasteiger partial charge in [-0.2, -0.15) is 10.4 Å². The van der Waals surface area contributed by atoms with Gasteiger partial charge in [0.2, 0.25) is 0 Å². The summed E-state index contributed by atoms with van der Waals surface area (Å²) in [6.45, 7) is 1.08. The summed E-state index contributed by atoms with van der Waals surface area (Å²) in [7, 11) is 1.67. The molecule has 37 heavy (non-hydrogen) atoms. The molecule has 0 unspecified atom stereocenters. The quantitative estimate of drug-likeness (QED) is 0.227. The van der Waals surface area contributed by atoms with Gasteiger partial charge in [0.1, 0.15) is 23.1 Å². The third-order valence-electron chi connectivity index (χ3n) is 6.74. The number of benzene rings is 2. The van der Waals surface area contributed by atoms with Gasteiger partial charge in [0, 0.05) is 29.8 Å². The van der Waals surface area contributed by atoms with Crippen LogP contribution in [-0.4, -0.2) is 46.9 Å². The first-order valence-electron chi connectivity index (χ1n) is 12.7. The second-order valence-corrected chi connectivity index (χ2v) is 10.4. The number of aromatic nitrogens is 2. The highest BCUT2D eigenvalue weighted by atomic mass is 32.2. The van der Waals surface area contributed by atoms with Gasteiger partial charge >= 0.3 is 5.97 Å². The fourth-order valence-electron chi connectivity index (χ4n) is 4.89. The minimum atomic E-state index is -0.921. The van der Waals surface area contributed by atoms with Gasteiger partial charge in [-0.05, 0) is 55.2 Å². The maximum absolute atomic E-state index is 10.7. The lowest BCUT2D eigenvalue weighted by molar-refractivity contribution is -0.142. The molecule has 0 bridgehead atoms. The van der Waals surface area contributed by atoms with Gasteiger partial charge in [-0.25, -0.2) is 4.79 Å². The number of carbonyl (C=O) groups is 1. The number of thioether (sulfide) groups is 1. The summed E-state index contributed by atoms with van der Waals surface area (Å²) in [4.78, 5) is 10.7. The Kier molecular flexibility index (Phi) is 9.64. The number of methoxy groups -OCH3 is 1. The lowest BCUT2D eigenvalue weighted by atomic mass is 9.82. The van der Waals surface area contributed by atoms with Crippen LogP contribution in [0.3, 0.4) is 0 Å². The Bertz CT molecular complexity index is 1210. The molecule has 3 aromatic rings. The Hall–Kier alpha value is -3.28. The SMILES string of the molecule is COc1cccc(-c2c(-c3ccccc3)nn(C[C@H]3CC[C@@H](COCC(=O)O)CC3)c2SCCC#N)c1. The van der Waals surface area contributed by atoms with E-state index in [-0.39, 0.29) is 6.61 Å². The molecule has 1 heterocycles. The number of carboxylic acid groups (broad SMARTS) is 1. The minimum absolute atomic E-state index is 0.230.